The van der Waals surface area contributed by atoms with Gasteiger partial charge in [0, 0.05) is 67.7 Å². The monoisotopic (exact) mass is 1210 g/mol. The van der Waals surface area contributed by atoms with Crippen LogP contribution in [-0.4, -0.2) is 183 Å². The second kappa shape index (κ2) is 26.2. The molecule has 0 aromatic heterocycles. The maximum absolute atomic E-state index is 13.2. The molecule has 0 radical (unpaired) electrons. The van der Waals surface area contributed by atoms with Crippen molar-refractivity contribution in [1.82, 2.24) is 0 Å². The number of carbonyl (C=O) groups is 8. The fourth-order valence-electron chi connectivity index (χ4n) is 16.7. The maximum Gasteiger partial charge on any atom is 0.303 e. The highest BCUT2D eigenvalue weighted by Gasteiger charge is 2.69. The Balaban J connectivity index is 0.988. The van der Waals surface area contributed by atoms with Crippen LogP contribution in [0.3, 0.4) is 0 Å². The van der Waals surface area contributed by atoms with Gasteiger partial charge in [-0.3, -0.25) is 38.4 Å². The Labute approximate surface area is 495 Å². The highest BCUT2D eigenvalue weighted by Crippen LogP contribution is 2.71. The second-order valence-electron chi connectivity index (χ2n) is 25.8. The molecule has 9 rings (SSSR count). The molecule has 25 heteroatoms. The Bertz CT molecular complexity index is 2460. The summed E-state index contributed by atoms with van der Waals surface area (Å²) in [5.74, 6) is -4.15. The van der Waals surface area contributed by atoms with E-state index in [0.717, 1.165) is 113 Å². The average Bonchev–Trinajstić information content (AvgIpc) is 1.66. The van der Waals surface area contributed by atoms with Crippen molar-refractivity contribution in [3.63, 3.8) is 0 Å². The molecule has 5 aliphatic heterocycles. The summed E-state index contributed by atoms with van der Waals surface area (Å²) in [5.41, 5.74) is 0.146. The standard InChI is InChI=1S/C60H88O25/c1-27-15-20-60(73-23-27)28(2)46-42(85-60)22-41-39-14-13-37-21-38(16-18-58(37,11)40(39)17-19-59(41,46)12)81-55-47(69)51(77-33(7)65)48(84-57-53(79-35(9)67)50(76-32(6)64)43(25-72-57)74-30(4)62)45(82-55)26-71-56-54(80-36(10)68)52(78-34(8)66)49(75-31(5)63)44(83-56)24-70-29(3)61/h27-28,37-57,69H,13-26H2,1-12H3/t27-,28-,37+,38-,39+,40-,41-,42-,43-,44+,45+,46-,47+,48+,49+,50-,51+,52-,53+,54+,55+,56+,57-,58-,59-,60+/m0/s1. The molecular formula is C60H88O25. The molecule has 1 N–H and O–H groups in total. The van der Waals surface area contributed by atoms with Crippen LogP contribution in [0, 0.1) is 52.3 Å². The molecular weight excluding hydrogens is 1120 g/mol. The molecule has 5 saturated heterocycles. The van der Waals surface area contributed by atoms with Crippen LogP contribution in [0.15, 0.2) is 0 Å². The van der Waals surface area contributed by atoms with Crippen LogP contribution in [-0.2, 0) is 114 Å². The molecule has 0 amide bonds. The van der Waals surface area contributed by atoms with Crippen LogP contribution in [0.5, 0.6) is 0 Å². The van der Waals surface area contributed by atoms with Crippen molar-refractivity contribution >= 4 is 47.8 Å². The molecule has 4 saturated carbocycles. The highest BCUT2D eigenvalue weighted by molar-refractivity contribution is 5.70. The Morgan fingerprint density at radius 3 is 1.72 bits per heavy atom. The van der Waals surface area contributed by atoms with Crippen molar-refractivity contribution in [2.24, 2.45) is 52.3 Å². The summed E-state index contributed by atoms with van der Waals surface area (Å²) in [6.45, 7) is 17.3. The van der Waals surface area contributed by atoms with E-state index in [1.54, 1.807) is 0 Å². The van der Waals surface area contributed by atoms with Crippen molar-refractivity contribution in [1.29, 1.82) is 0 Å². The van der Waals surface area contributed by atoms with Gasteiger partial charge in [0.05, 0.1) is 32.0 Å². The van der Waals surface area contributed by atoms with Crippen LogP contribution < -0.4 is 0 Å². The highest BCUT2D eigenvalue weighted by atomic mass is 16.8. The first-order chi connectivity index (χ1) is 40.1. The minimum Gasteiger partial charge on any atom is -0.463 e. The summed E-state index contributed by atoms with van der Waals surface area (Å²) >= 11 is 0. The summed E-state index contributed by atoms with van der Waals surface area (Å²) in [6.07, 6.45) is -13.1. The first-order valence-electron chi connectivity index (χ1n) is 30.3. The Kier molecular flexibility index (Phi) is 20.0. The lowest BCUT2D eigenvalue weighted by Crippen LogP contribution is -2.66. The largest absolute Gasteiger partial charge is 0.463 e. The third kappa shape index (κ3) is 13.7. The number of esters is 8. The minimum atomic E-state index is -1.78. The van der Waals surface area contributed by atoms with E-state index in [0.29, 0.717) is 48.3 Å². The summed E-state index contributed by atoms with van der Waals surface area (Å²) in [5, 5.41) is 12.5. The van der Waals surface area contributed by atoms with Gasteiger partial charge in [-0.2, -0.15) is 0 Å². The predicted octanol–water partition coefficient (Wildman–Crippen LogP) is 4.47. The van der Waals surface area contributed by atoms with Crippen LogP contribution in [0.25, 0.3) is 0 Å². The molecule has 0 aromatic rings. The van der Waals surface area contributed by atoms with Crippen molar-refractivity contribution in [3.05, 3.63) is 0 Å². The van der Waals surface area contributed by atoms with Crippen LogP contribution in [0.1, 0.15) is 147 Å². The van der Waals surface area contributed by atoms with E-state index in [-0.39, 0.29) is 22.9 Å². The third-order valence-electron chi connectivity index (χ3n) is 20.1. The van der Waals surface area contributed by atoms with Gasteiger partial charge in [-0.1, -0.05) is 27.7 Å². The molecule has 85 heavy (non-hydrogen) atoms. The number of carbonyl (C=O) groups excluding carboxylic acids is 8. The zero-order valence-electron chi connectivity index (χ0n) is 50.9. The smallest absolute Gasteiger partial charge is 0.303 e. The number of hydrogen-bond acceptors (Lipinski definition) is 25. The van der Waals surface area contributed by atoms with Gasteiger partial charge in [0.1, 0.15) is 31.0 Å². The molecule has 9 aliphatic rings. The summed E-state index contributed by atoms with van der Waals surface area (Å²) in [6, 6.07) is 0. The van der Waals surface area contributed by atoms with Gasteiger partial charge in [-0.25, -0.2) is 0 Å². The quantitative estimate of drug-likeness (QED) is 0.127. The van der Waals surface area contributed by atoms with E-state index < -0.39 is 165 Å². The van der Waals surface area contributed by atoms with E-state index in [2.05, 4.69) is 27.7 Å². The topological polar surface area (TPSA) is 304 Å². The number of aliphatic hydroxyl groups excluding tert-OH is 1. The number of aliphatic hydroxyl groups is 1. The number of fused-ring (bicyclic) bond motifs is 7. The zero-order chi connectivity index (χ0) is 61.6. The zero-order valence-corrected chi connectivity index (χ0v) is 50.9. The van der Waals surface area contributed by atoms with Crippen LogP contribution >= 0.6 is 0 Å². The van der Waals surface area contributed by atoms with Crippen molar-refractivity contribution in [2.75, 3.05) is 26.4 Å². The molecule has 9 fully saturated rings. The lowest BCUT2D eigenvalue weighted by atomic mass is 9.44. The molecule has 1 spiro atoms. The molecule has 4 aliphatic carbocycles. The number of rotatable bonds is 16. The third-order valence-corrected chi connectivity index (χ3v) is 20.1. The van der Waals surface area contributed by atoms with E-state index in [4.69, 9.17) is 75.8 Å². The fourth-order valence-corrected chi connectivity index (χ4v) is 16.7. The van der Waals surface area contributed by atoms with Crippen molar-refractivity contribution in [3.8, 4) is 0 Å². The second-order valence-corrected chi connectivity index (χ2v) is 25.8. The van der Waals surface area contributed by atoms with Crippen LogP contribution in [0.4, 0.5) is 0 Å². The lowest BCUT2D eigenvalue weighted by Gasteiger charge is -2.61. The molecule has 0 bridgehead atoms. The van der Waals surface area contributed by atoms with Crippen molar-refractivity contribution < 1.29 is 119 Å². The molecule has 26 atom stereocenters. The van der Waals surface area contributed by atoms with Gasteiger partial charge in [-0.05, 0) is 104 Å². The van der Waals surface area contributed by atoms with Gasteiger partial charge in [0.25, 0.3) is 0 Å². The first kappa shape index (κ1) is 64.9. The Morgan fingerprint density at radius 1 is 0.518 bits per heavy atom. The Hall–Kier alpha value is -4.60. The number of hydrogen-bond donors (Lipinski definition) is 1. The van der Waals surface area contributed by atoms with E-state index in [9.17, 15) is 43.5 Å². The van der Waals surface area contributed by atoms with E-state index in [1.165, 1.54) is 0 Å². The van der Waals surface area contributed by atoms with Crippen molar-refractivity contribution in [2.45, 2.75) is 251 Å². The first-order valence-corrected chi connectivity index (χ1v) is 30.3. The van der Waals surface area contributed by atoms with Crippen LogP contribution in [0.2, 0.25) is 0 Å². The average molecular weight is 1210 g/mol. The fraction of sp³-hybridized carbons (Fsp3) is 0.867. The summed E-state index contributed by atoms with van der Waals surface area (Å²) < 4.78 is 97.1. The van der Waals surface area contributed by atoms with Gasteiger partial charge < -0.3 is 80.9 Å². The molecule has 478 valence electrons. The van der Waals surface area contributed by atoms with E-state index >= 15 is 0 Å². The molecule has 25 nitrogen and oxygen atoms in total. The number of ether oxygens (including phenoxy) is 16. The van der Waals surface area contributed by atoms with Gasteiger partial charge in [-0.15, -0.1) is 0 Å². The van der Waals surface area contributed by atoms with Gasteiger partial charge >= 0.3 is 47.8 Å². The normalized spacial score (nSPS) is 44.6. The maximum atomic E-state index is 13.2. The molecule has 0 unspecified atom stereocenters. The van der Waals surface area contributed by atoms with Gasteiger partial charge in [0.15, 0.2) is 67.4 Å². The summed E-state index contributed by atoms with van der Waals surface area (Å²) in [4.78, 5) is 101. The molecule has 0 aromatic carbocycles. The SMILES string of the molecule is CC(=O)OC[C@H]1O[C@@H](OC[C@H]2O[C@@H](O[C@H]3CC[C@@]4(C)[C@H](CC[C@@H]5[C@@H]4CC[C@]4(C)[C@@H]6[C@H](C[C@@H]54)O[C@]4(CC[C@H](C)CO4)[C@H]6C)C3)[C@H](O)[C@@H](OC(C)=O)[C@@H]2O[C@@H]2OC[C@H](OC(C)=O)[C@H](OC(C)=O)[C@H]2OC(C)=O)[C@H](OC(C)=O)[C@@H](OC(C)=O)[C@@H]1OC(C)=O. The Morgan fingerprint density at radius 2 is 1.09 bits per heavy atom. The predicted molar refractivity (Wildman–Crippen MR) is 286 cm³/mol. The molecule has 5 heterocycles. The lowest BCUT2D eigenvalue weighted by molar-refractivity contribution is -0.365. The van der Waals surface area contributed by atoms with E-state index in [1.807, 2.05) is 0 Å². The summed E-state index contributed by atoms with van der Waals surface area (Å²) in [7, 11) is 0. The minimum absolute atomic E-state index is 0.000872. The van der Waals surface area contributed by atoms with Gasteiger partial charge in [0.2, 0.25) is 0 Å².